The van der Waals surface area contributed by atoms with Crippen molar-refractivity contribution in [1.29, 1.82) is 0 Å². The lowest BCUT2D eigenvalue weighted by atomic mass is 9.68. The van der Waals surface area contributed by atoms with Crippen LogP contribution in [0.2, 0.25) is 0 Å². The van der Waals surface area contributed by atoms with E-state index in [4.69, 9.17) is 0 Å². The van der Waals surface area contributed by atoms with Crippen LogP contribution in [-0.2, 0) is 11.6 Å². The molecule has 174 valence electrons. The quantitative estimate of drug-likeness (QED) is 0.520. The number of hydrogen-bond donors (Lipinski definition) is 1. The summed E-state index contributed by atoms with van der Waals surface area (Å²) in [5.74, 6) is -0.727. The van der Waals surface area contributed by atoms with Crippen molar-refractivity contribution in [3.63, 3.8) is 0 Å². The Labute approximate surface area is 193 Å². The molecule has 10 heteroatoms. The standard InChI is InChI=1S/C23H24F3N5OS/c1-15-6-7-16(14-30-15)22(8-3-2-4-9-22)10-13-29-20(32)17-18(23(24,25)26)31-21(33-17)19-27-11-5-12-28-19/h5-7,11-12,14H,2-4,8-10,13H2,1H3,(H,29,32). The van der Waals surface area contributed by atoms with E-state index in [1.165, 1.54) is 12.4 Å². The van der Waals surface area contributed by atoms with E-state index < -0.39 is 22.7 Å². The predicted molar refractivity (Wildman–Crippen MR) is 119 cm³/mol. The molecule has 0 atom stereocenters. The molecule has 0 aliphatic heterocycles. The summed E-state index contributed by atoms with van der Waals surface area (Å²) in [6.45, 7) is 2.19. The van der Waals surface area contributed by atoms with Crippen LogP contribution in [0.15, 0.2) is 36.8 Å². The third-order valence-corrected chi connectivity index (χ3v) is 7.13. The number of amides is 1. The lowest BCUT2D eigenvalue weighted by molar-refractivity contribution is -0.141. The van der Waals surface area contributed by atoms with Gasteiger partial charge in [0.15, 0.2) is 16.5 Å². The van der Waals surface area contributed by atoms with Crippen LogP contribution < -0.4 is 5.32 Å². The van der Waals surface area contributed by atoms with Gasteiger partial charge in [-0.15, -0.1) is 11.3 Å². The first-order valence-corrected chi connectivity index (χ1v) is 11.7. The van der Waals surface area contributed by atoms with Crippen molar-refractivity contribution in [2.24, 2.45) is 0 Å². The minimum Gasteiger partial charge on any atom is -0.351 e. The molecule has 1 aliphatic rings. The number of alkyl halides is 3. The summed E-state index contributed by atoms with van der Waals surface area (Å²) in [4.78, 5) is 28.3. The molecule has 1 aliphatic carbocycles. The van der Waals surface area contributed by atoms with E-state index in [9.17, 15) is 18.0 Å². The van der Waals surface area contributed by atoms with Crippen molar-refractivity contribution in [3.05, 3.63) is 58.6 Å². The molecule has 1 amide bonds. The van der Waals surface area contributed by atoms with E-state index in [2.05, 4.69) is 31.3 Å². The number of nitrogens with zero attached hydrogens (tertiary/aromatic N) is 4. The monoisotopic (exact) mass is 475 g/mol. The van der Waals surface area contributed by atoms with Crippen LogP contribution in [0.1, 0.15) is 65.1 Å². The molecule has 3 heterocycles. The highest BCUT2D eigenvalue weighted by molar-refractivity contribution is 7.17. The van der Waals surface area contributed by atoms with Crippen LogP contribution in [0.25, 0.3) is 10.8 Å². The van der Waals surface area contributed by atoms with E-state index in [0.717, 1.165) is 43.4 Å². The molecule has 33 heavy (non-hydrogen) atoms. The highest BCUT2D eigenvalue weighted by Gasteiger charge is 2.40. The van der Waals surface area contributed by atoms with Crippen molar-refractivity contribution in [2.45, 2.75) is 57.0 Å². The summed E-state index contributed by atoms with van der Waals surface area (Å²) in [6.07, 6.45) is 5.86. The molecule has 0 radical (unpaired) electrons. The molecular formula is C23H24F3N5OS. The summed E-state index contributed by atoms with van der Waals surface area (Å²) in [7, 11) is 0. The lowest BCUT2D eigenvalue weighted by Crippen LogP contribution is -2.35. The minimum absolute atomic E-state index is 0.0393. The van der Waals surface area contributed by atoms with Crippen molar-refractivity contribution in [3.8, 4) is 10.8 Å². The number of pyridine rings is 1. The number of carbonyl (C=O) groups excluding carboxylic acids is 1. The number of halogens is 3. The molecule has 0 unspecified atom stereocenters. The summed E-state index contributed by atoms with van der Waals surface area (Å²) in [5, 5.41) is 2.66. The van der Waals surface area contributed by atoms with Crippen molar-refractivity contribution in [2.75, 3.05) is 6.54 Å². The predicted octanol–water partition coefficient (Wildman–Crippen LogP) is 5.34. The Morgan fingerprint density at radius 2 is 1.85 bits per heavy atom. The van der Waals surface area contributed by atoms with Crippen LogP contribution in [0.3, 0.4) is 0 Å². The number of thiazole rings is 1. The Bertz CT molecular complexity index is 1090. The first kappa shape index (κ1) is 23.3. The molecule has 6 nitrogen and oxygen atoms in total. The van der Waals surface area contributed by atoms with Crippen LogP contribution in [0.5, 0.6) is 0 Å². The molecule has 1 N–H and O–H groups in total. The Balaban J connectivity index is 1.52. The average molecular weight is 476 g/mol. The van der Waals surface area contributed by atoms with Gasteiger partial charge in [0, 0.05) is 30.8 Å². The molecule has 4 rings (SSSR count). The van der Waals surface area contributed by atoms with Gasteiger partial charge in [-0.1, -0.05) is 25.3 Å². The zero-order valence-electron chi connectivity index (χ0n) is 18.2. The van der Waals surface area contributed by atoms with Gasteiger partial charge in [-0.3, -0.25) is 9.78 Å². The fraction of sp³-hybridized carbons (Fsp3) is 0.435. The average Bonchev–Trinajstić information content (AvgIpc) is 3.27. The van der Waals surface area contributed by atoms with Gasteiger partial charge in [-0.2, -0.15) is 13.2 Å². The molecule has 1 fully saturated rings. The Kier molecular flexibility index (Phi) is 6.73. The summed E-state index contributed by atoms with van der Waals surface area (Å²) >= 11 is 0.653. The third kappa shape index (κ3) is 5.21. The zero-order chi connectivity index (χ0) is 23.5. The molecule has 0 saturated heterocycles. The van der Waals surface area contributed by atoms with Gasteiger partial charge >= 0.3 is 6.18 Å². The molecule has 3 aromatic heterocycles. The highest BCUT2D eigenvalue weighted by atomic mass is 32.1. The number of nitrogens with one attached hydrogen (secondary N) is 1. The smallest absolute Gasteiger partial charge is 0.351 e. The Hall–Kier alpha value is -2.88. The van der Waals surface area contributed by atoms with Crippen molar-refractivity contribution >= 4 is 17.2 Å². The van der Waals surface area contributed by atoms with Crippen molar-refractivity contribution in [1.82, 2.24) is 25.3 Å². The van der Waals surface area contributed by atoms with E-state index >= 15 is 0 Å². The highest BCUT2D eigenvalue weighted by Crippen LogP contribution is 2.42. The van der Waals surface area contributed by atoms with Crippen LogP contribution in [-0.4, -0.2) is 32.4 Å². The number of rotatable bonds is 6. The molecule has 0 bridgehead atoms. The first-order valence-electron chi connectivity index (χ1n) is 10.9. The topological polar surface area (TPSA) is 80.7 Å². The normalized spacial score (nSPS) is 15.9. The number of hydrogen-bond acceptors (Lipinski definition) is 6. The van der Waals surface area contributed by atoms with Crippen LogP contribution >= 0.6 is 11.3 Å². The second kappa shape index (κ2) is 9.54. The summed E-state index contributed by atoms with van der Waals surface area (Å²) in [5.41, 5.74) is 0.721. The fourth-order valence-electron chi connectivity index (χ4n) is 4.36. The molecule has 0 aromatic carbocycles. The SMILES string of the molecule is Cc1ccc(C2(CCNC(=O)c3sc(-c4ncccn4)nc3C(F)(F)F)CCCCC2)cn1. The van der Waals surface area contributed by atoms with Gasteiger partial charge in [0.05, 0.1) is 0 Å². The summed E-state index contributed by atoms with van der Waals surface area (Å²) in [6, 6.07) is 5.61. The van der Waals surface area contributed by atoms with Gasteiger partial charge in [-0.05, 0) is 49.3 Å². The second-order valence-corrected chi connectivity index (χ2v) is 9.30. The zero-order valence-corrected chi connectivity index (χ0v) is 19.0. The number of carbonyl (C=O) groups is 1. The largest absolute Gasteiger partial charge is 0.435 e. The molecule has 0 spiro atoms. The van der Waals surface area contributed by atoms with Crippen LogP contribution in [0, 0.1) is 6.92 Å². The summed E-state index contributed by atoms with van der Waals surface area (Å²) < 4.78 is 40.7. The minimum atomic E-state index is -4.76. The number of aryl methyl sites for hydroxylation is 1. The van der Waals surface area contributed by atoms with E-state index in [0.29, 0.717) is 17.8 Å². The first-order chi connectivity index (χ1) is 15.8. The van der Waals surface area contributed by atoms with E-state index in [1.54, 1.807) is 6.07 Å². The van der Waals surface area contributed by atoms with E-state index in [1.807, 2.05) is 19.2 Å². The maximum Gasteiger partial charge on any atom is 0.435 e. The van der Waals surface area contributed by atoms with Gasteiger partial charge in [0.2, 0.25) is 0 Å². The van der Waals surface area contributed by atoms with E-state index in [-0.39, 0.29) is 22.8 Å². The maximum absolute atomic E-state index is 13.6. The van der Waals surface area contributed by atoms with Crippen LogP contribution in [0.4, 0.5) is 13.2 Å². The van der Waals surface area contributed by atoms with Gasteiger partial charge in [0.1, 0.15) is 4.88 Å². The Morgan fingerprint density at radius 1 is 1.12 bits per heavy atom. The Morgan fingerprint density at radius 3 is 2.48 bits per heavy atom. The molecule has 1 saturated carbocycles. The fourth-order valence-corrected chi connectivity index (χ4v) is 5.31. The third-order valence-electron chi connectivity index (χ3n) is 6.08. The van der Waals surface area contributed by atoms with Gasteiger partial charge in [-0.25, -0.2) is 15.0 Å². The lowest BCUT2D eigenvalue weighted by Gasteiger charge is -2.38. The maximum atomic E-state index is 13.6. The molecule has 3 aromatic rings. The number of aromatic nitrogens is 4. The molecular weight excluding hydrogens is 451 g/mol. The second-order valence-electron chi connectivity index (χ2n) is 8.30. The van der Waals surface area contributed by atoms with Crippen molar-refractivity contribution < 1.29 is 18.0 Å². The van der Waals surface area contributed by atoms with Gasteiger partial charge in [0.25, 0.3) is 5.91 Å². The van der Waals surface area contributed by atoms with Gasteiger partial charge < -0.3 is 5.32 Å².